The van der Waals surface area contributed by atoms with Crippen LogP contribution in [0, 0.1) is 11.3 Å². The van der Waals surface area contributed by atoms with Gasteiger partial charge in [-0.3, -0.25) is 0 Å². The highest BCUT2D eigenvalue weighted by Crippen LogP contribution is 2.30. The van der Waals surface area contributed by atoms with Crippen LogP contribution in [-0.4, -0.2) is 34.0 Å². The lowest BCUT2D eigenvalue weighted by atomic mass is 10.2. The zero-order valence-electron chi connectivity index (χ0n) is 10.7. The van der Waals surface area contributed by atoms with Gasteiger partial charge in [-0.25, -0.2) is 0 Å². The molecule has 0 spiro atoms. The molecule has 0 aromatic heterocycles. The molecule has 1 rings (SSSR count). The van der Waals surface area contributed by atoms with Gasteiger partial charge in [0.05, 0.1) is 13.7 Å². The first-order valence-corrected chi connectivity index (χ1v) is 5.68. The molecule has 0 amide bonds. The molecule has 0 fully saturated rings. The van der Waals surface area contributed by atoms with E-state index in [1.54, 1.807) is 14.2 Å². The van der Waals surface area contributed by atoms with Crippen LogP contribution in [-0.2, 0) is 11.3 Å². The van der Waals surface area contributed by atoms with Gasteiger partial charge in [0.2, 0.25) is 0 Å². The molecular formula is C13H18N2O3. The first kappa shape index (κ1) is 14.3. The molecule has 1 N–H and O–H groups in total. The molecule has 0 saturated heterocycles. The summed E-state index contributed by atoms with van der Waals surface area (Å²) in [6, 6.07) is 7.60. The van der Waals surface area contributed by atoms with Gasteiger partial charge in [0.15, 0.2) is 18.1 Å². The van der Waals surface area contributed by atoms with E-state index in [-0.39, 0.29) is 6.61 Å². The SMILES string of the molecule is COCCNCc1cccc(OC)c1OCC#N. The normalized spacial score (nSPS) is 9.83. The predicted octanol–water partition coefficient (Wildman–Crippen LogP) is 1.33. The Morgan fingerprint density at radius 2 is 2.17 bits per heavy atom. The van der Waals surface area contributed by atoms with Crippen LogP contribution in [0.2, 0.25) is 0 Å². The van der Waals surface area contributed by atoms with E-state index < -0.39 is 0 Å². The first-order chi connectivity index (χ1) is 8.83. The standard InChI is InChI=1S/C13H18N2O3/c1-16-9-7-15-10-11-4-3-5-12(17-2)13(11)18-8-6-14/h3-5,15H,7-10H2,1-2H3. The Morgan fingerprint density at radius 3 is 2.83 bits per heavy atom. The van der Waals surface area contributed by atoms with E-state index >= 15 is 0 Å². The number of methoxy groups -OCH3 is 2. The number of hydrogen-bond acceptors (Lipinski definition) is 5. The van der Waals surface area contributed by atoms with Crippen LogP contribution in [0.15, 0.2) is 18.2 Å². The second-order valence-corrected chi connectivity index (χ2v) is 3.56. The second kappa shape index (κ2) is 8.34. The third-order valence-corrected chi connectivity index (χ3v) is 2.36. The fourth-order valence-electron chi connectivity index (χ4n) is 1.53. The van der Waals surface area contributed by atoms with Gasteiger partial charge >= 0.3 is 0 Å². The van der Waals surface area contributed by atoms with Crippen molar-refractivity contribution >= 4 is 0 Å². The summed E-state index contributed by atoms with van der Waals surface area (Å²) >= 11 is 0. The van der Waals surface area contributed by atoms with Crippen LogP contribution in [0.4, 0.5) is 0 Å². The molecule has 98 valence electrons. The van der Waals surface area contributed by atoms with Crippen molar-refractivity contribution in [1.29, 1.82) is 5.26 Å². The van der Waals surface area contributed by atoms with Crippen molar-refractivity contribution < 1.29 is 14.2 Å². The van der Waals surface area contributed by atoms with E-state index in [9.17, 15) is 0 Å². The van der Waals surface area contributed by atoms with Crippen LogP contribution in [0.25, 0.3) is 0 Å². The smallest absolute Gasteiger partial charge is 0.174 e. The topological polar surface area (TPSA) is 63.5 Å². The minimum absolute atomic E-state index is 0.00540. The fraction of sp³-hybridized carbons (Fsp3) is 0.462. The molecule has 0 heterocycles. The Hall–Kier alpha value is -1.77. The summed E-state index contributed by atoms with van der Waals surface area (Å²) in [6.45, 7) is 2.05. The van der Waals surface area contributed by atoms with Crippen molar-refractivity contribution in [3.63, 3.8) is 0 Å². The molecule has 0 aliphatic rings. The fourth-order valence-corrected chi connectivity index (χ4v) is 1.53. The summed E-state index contributed by atoms with van der Waals surface area (Å²) in [5.74, 6) is 1.25. The van der Waals surface area contributed by atoms with E-state index in [2.05, 4.69) is 5.32 Å². The van der Waals surface area contributed by atoms with Gasteiger partial charge < -0.3 is 19.5 Å². The lowest BCUT2D eigenvalue weighted by Crippen LogP contribution is -2.19. The molecule has 1 aromatic rings. The zero-order chi connectivity index (χ0) is 13.2. The summed E-state index contributed by atoms with van der Waals surface area (Å²) in [5.41, 5.74) is 0.959. The molecule has 5 heteroatoms. The molecule has 0 bridgehead atoms. The van der Waals surface area contributed by atoms with Crippen molar-refractivity contribution in [2.24, 2.45) is 0 Å². The number of rotatable bonds is 8. The summed E-state index contributed by atoms with van der Waals surface area (Å²) < 4.78 is 15.6. The first-order valence-electron chi connectivity index (χ1n) is 5.68. The van der Waals surface area contributed by atoms with Gasteiger partial charge in [0.25, 0.3) is 0 Å². The summed E-state index contributed by atoms with van der Waals surface area (Å²) in [7, 11) is 3.24. The summed E-state index contributed by atoms with van der Waals surface area (Å²) in [4.78, 5) is 0. The minimum atomic E-state index is 0.00540. The van der Waals surface area contributed by atoms with Gasteiger partial charge in [0.1, 0.15) is 6.07 Å². The van der Waals surface area contributed by atoms with Gasteiger partial charge in [0, 0.05) is 25.8 Å². The van der Waals surface area contributed by atoms with Crippen molar-refractivity contribution in [2.45, 2.75) is 6.54 Å². The number of hydrogen-bond donors (Lipinski definition) is 1. The van der Waals surface area contributed by atoms with E-state index in [0.717, 1.165) is 12.1 Å². The van der Waals surface area contributed by atoms with Crippen molar-refractivity contribution in [1.82, 2.24) is 5.32 Å². The van der Waals surface area contributed by atoms with Crippen LogP contribution in [0.5, 0.6) is 11.5 Å². The monoisotopic (exact) mass is 250 g/mol. The van der Waals surface area contributed by atoms with Gasteiger partial charge in [-0.1, -0.05) is 12.1 Å². The second-order valence-electron chi connectivity index (χ2n) is 3.56. The zero-order valence-corrected chi connectivity index (χ0v) is 10.7. The maximum atomic E-state index is 8.58. The molecule has 0 aliphatic heterocycles. The molecule has 5 nitrogen and oxygen atoms in total. The highest BCUT2D eigenvalue weighted by atomic mass is 16.5. The van der Waals surface area contributed by atoms with E-state index in [0.29, 0.717) is 24.7 Å². The largest absolute Gasteiger partial charge is 0.493 e. The number of nitrogens with one attached hydrogen (secondary N) is 1. The Balaban J connectivity index is 2.72. The maximum Gasteiger partial charge on any atom is 0.174 e. The number of para-hydroxylation sites is 1. The van der Waals surface area contributed by atoms with Gasteiger partial charge in [-0.15, -0.1) is 0 Å². The van der Waals surface area contributed by atoms with E-state index in [1.807, 2.05) is 24.3 Å². The average Bonchev–Trinajstić information content (AvgIpc) is 2.41. The Kier molecular flexibility index (Phi) is 6.62. The third-order valence-electron chi connectivity index (χ3n) is 2.36. The van der Waals surface area contributed by atoms with Gasteiger partial charge in [-0.2, -0.15) is 5.26 Å². The predicted molar refractivity (Wildman–Crippen MR) is 67.7 cm³/mol. The number of nitriles is 1. The minimum Gasteiger partial charge on any atom is -0.493 e. The Labute approximate surface area is 107 Å². The van der Waals surface area contributed by atoms with E-state index in [4.69, 9.17) is 19.5 Å². The lowest BCUT2D eigenvalue weighted by molar-refractivity contribution is 0.199. The average molecular weight is 250 g/mol. The van der Waals surface area contributed by atoms with E-state index in [1.165, 1.54) is 0 Å². The quantitative estimate of drug-likeness (QED) is 0.705. The Morgan fingerprint density at radius 1 is 1.33 bits per heavy atom. The third kappa shape index (κ3) is 4.24. The maximum absolute atomic E-state index is 8.58. The van der Waals surface area contributed by atoms with Crippen molar-refractivity contribution in [3.05, 3.63) is 23.8 Å². The van der Waals surface area contributed by atoms with Crippen LogP contribution in [0.3, 0.4) is 0 Å². The highest BCUT2D eigenvalue weighted by Gasteiger charge is 2.09. The molecule has 0 radical (unpaired) electrons. The van der Waals surface area contributed by atoms with Crippen molar-refractivity contribution in [3.8, 4) is 17.6 Å². The van der Waals surface area contributed by atoms with Crippen molar-refractivity contribution in [2.75, 3.05) is 34.0 Å². The molecule has 0 unspecified atom stereocenters. The number of nitrogens with zero attached hydrogens (tertiary/aromatic N) is 1. The number of ether oxygens (including phenoxy) is 3. The molecule has 1 aromatic carbocycles. The number of benzene rings is 1. The van der Waals surface area contributed by atoms with Crippen LogP contribution < -0.4 is 14.8 Å². The highest BCUT2D eigenvalue weighted by molar-refractivity contribution is 5.46. The lowest BCUT2D eigenvalue weighted by Gasteiger charge is -2.13. The molecular weight excluding hydrogens is 232 g/mol. The van der Waals surface area contributed by atoms with Crippen LogP contribution in [0.1, 0.15) is 5.56 Å². The Bertz CT molecular complexity index is 402. The van der Waals surface area contributed by atoms with Gasteiger partial charge in [-0.05, 0) is 6.07 Å². The molecule has 18 heavy (non-hydrogen) atoms. The molecule has 0 atom stereocenters. The summed E-state index contributed by atoms with van der Waals surface area (Å²) in [6.07, 6.45) is 0. The molecule has 0 aliphatic carbocycles. The summed E-state index contributed by atoms with van der Waals surface area (Å²) in [5, 5.41) is 11.8. The molecule has 0 saturated carbocycles. The van der Waals surface area contributed by atoms with Crippen LogP contribution >= 0.6 is 0 Å².